The normalized spacial score (nSPS) is 11.8. The Labute approximate surface area is 105 Å². The van der Waals surface area contributed by atoms with E-state index in [-0.39, 0.29) is 6.04 Å². The number of primary amides is 1. The minimum Gasteiger partial charge on any atom is -0.365 e. The van der Waals surface area contributed by atoms with Crippen LogP contribution in [0.15, 0.2) is 42.7 Å². The van der Waals surface area contributed by atoms with Gasteiger partial charge in [-0.05, 0) is 31.2 Å². The Hall–Kier alpha value is -2.43. The molecule has 2 aromatic rings. The first-order valence-corrected chi connectivity index (χ1v) is 5.61. The molecule has 0 aliphatic heterocycles. The number of hydrogen-bond acceptors (Lipinski definition) is 4. The highest BCUT2D eigenvalue weighted by atomic mass is 16.1. The molecule has 1 atom stereocenters. The first-order valence-electron chi connectivity index (χ1n) is 5.61. The number of hydrogen-bond donors (Lipinski definition) is 2. The summed E-state index contributed by atoms with van der Waals surface area (Å²) < 4.78 is 0. The van der Waals surface area contributed by atoms with E-state index in [2.05, 4.69) is 15.3 Å². The lowest BCUT2D eigenvalue weighted by molar-refractivity contribution is 0.100. The number of amides is 1. The summed E-state index contributed by atoms with van der Waals surface area (Å²) in [6, 6.07) is 8.93. The molecule has 2 aromatic heterocycles. The molecule has 92 valence electrons. The first kappa shape index (κ1) is 12.0. The van der Waals surface area contributed by atoms with Crippen LogP contribution >= 0.6 is 0 Å². The maximum Gasteiger partial charge on any atom is 0.252 e. The Morgan fingerprint density at radius 3 is 2.67 bits per heavy atom. The highest BCUT2D eigenvalue weighted by Crippen LogP contribution is 2.18. The number of pyridine rings is 2. The zero-order valence-electron chi connectivity index (χ0n) is 10.00. The number of nitrogens with zero attached hydrogens (tertiary/aromatic N) is 2. The van der Waals surface area contributed by atoms with Gasteiger partial charge < -0.3 is 11.1 Å². The summed E-state index contributed by atoms with van der Waals surface area (Å²) in [6.07, 6.45) is 3.33. The van der Waals surface area contributed by atoms with Crippen LogP contribution in [0.5, 0.6) is 0 Å². The molecule has 1 amide bonds. The SMILES string of the molecule is CC(Nc1ncccc1C(N)=O)c1ccccn1. The third-order valence-electron chi connectivity index (χ3n) is 2.56. The van der Waals surface area contributed by atoms with Crippen LogP contribution in [0, 0.1) is 0 Å². The molecule has 18 heavy (non-hydrogen) atoms. The maximum atomic E-state index is 11.3. The average Bonchev–Trinajstić information content (AvgIpc) is 2.40. The summed E-state index contributed by atoms with van der Waals surface area (Å²) in [5.74, 6) is -0.0260. The van der Waals surface area contributed by atoms with Gasteiger partial charge in [0.1, 0.15) is 5.82 Å². The summed E-state index contributed by atoms with van der Waals surface area (Å²) in [5.41, 5.74) is 6.54. The van der Waals surface area contributed by atoms with Gasteiger partial charge in [-0.15, -0.1) is 0 Å². The molecule has 0 saturated carbocycles. The third-order valence-corrected chi connectivity index (χ3v) is 2.56. The lowest BCUT2D eigenvalue weighted by Gasteiger charge is -2.15. The number of carbonyl (C=O) groups excluding carboxylic acids is 1. The molecular formula is C13H14N4O. The van der Waals surface area contributed by atoms with Crippen LogP contribution in [0.25, 0.3) is 0 Å². The largest absolute Gasteiger partial charge is 0.365 e. The minimum absolute atomic E-state index is 0.0563. The molecule has 5 nitrogen and oxygen atoms in total. The van der Waals surface area contributed by atoms with Gasteiger partial charge in [-0.1, -0.05) is 6.07 Å². The van der Waals surface area contributed by atoms with E-state index in [0.717, 1.165) is 5.69 Å². The summed E-state index contributed by atoms with van der Waals surface area (Å²) in [4.78, 5) is 19.6. The van der Waals surface area contributed by atoms with Gasteiger partial charge in [0.15, 0.2) is 0 Å². The van der Waals surface area contributed by atoms with Gasteiger partial charge in [-0.3, -0.25) is 9.78 Å². The number of nitrogens with one attached hydrogen (secondary N) is 1. The lowest BCUT2D eigenvalue weighted by Crippen LogP contribution is -2.17. The van der Waals surface area contributed by atoms with Crippen molar-refractivity contribution in [2.24, 2.45) is 5.73 Å². The van der Waals surface area contributed by atoms with Crippen molar-refractivity contribution < 1.29 is 4.79 Å². The number of anilines is 1. The van der Waals surface area contributed by atoms with Crippen LogP contribution in [0.4, 0.5) is 5.82 Å². The number of nitrogens with two attached hydrogens (primary N) is 1. The predicted molar refractivity (Wildman–Crippen MR) is 69.0 cm³/mol. The summed E-state index contributed by atoms with van der Waals surface area (Å²) in [6.45, 7) is 1.95. The smallest absolute Gasteiger partial charge is 0.252 e. The molecule has 1 unspecified atom stereocenters. The van der Waals surface area contributed by atoms with Crippen LogP contribution in [0.3, 0.4) is 0 Å². The Kier molecular flexibility index (Phi) is 3.52. The predicted octanol–water partition coefficient (Wildman–Crippen LogP) is 1.75. The molecular weight excluding hydrogens is 228 g/mol. The quantitative estimate of drug-likeness (QED) is 0.855. The molecule has 2 heterocycles. The highest BCUT2D eigenvalue weighted by Gasteiger charge is 2.12. The van der Waals surface area contributed by atoms with Crippen molar-refractivity contribution in [3.63, 3.8) is 0 Å². The maximum absolute atomic E-state index is 11.3. The van der Waals surface area contributed by atoms with Crippen LogP contribution in [0.2, 0.25) is 0 Å². The second-order valence-corrected chi connectivity index (χ2v) is 3.88. The van der Waals surface area contributed by atoms with E-state index in [0.29, 0.717) is 11.4 Å². The van der Waals surface area contributed by atoms with Crippen molar-refractivity contribution in [1.82, 2.24) is 9.97 Å². The molecule has 0 aliphatic rings. The fraction of sp³-hybridized carbons (Fsp3) is 0.154. The minimum atomic E-state index is -0.501. The van der Waals surface area contributed by atoms with Gasteiger partial charge in [0.2, 0.25) is 0 Å². The molecule has 0 bridgehead atoms. The standard InChI is InChI=1S/C13H14N4O/c1-9(11-6-2-3-7-15-11)17-13-10(12(14)18)5-4-8-16-13/h2-9H,1H3,(H2,14,18)(H,16,17). The Morgan fingerprint density at radius 1 is 1.22 bits per heavy atom. The average molecular weight is 242 g/mol. The van der Waals surface area contributed by atoms with E-state index < -0.39 is 5.91 Å². The summed E-state index contributed by atoms with van der Waals surface area (Å²) >= 11 is 0. The number of rotatable bonds is 4. The molecule has 0 radical (unpaired) electrons. The zero-order chi connectivity index (χ0) is 13.0. The van der Waals surface area contributed by atoms with E-state index in [1.807, 2.05) is 25.1 Å². The lowest BCUT2D eigenvalue weighted by atomic mass is 10.2. The van der Waals surface area contributed by atoms with Crippen LogP contribution in [-0.2, 0) is 0 Å². The number of aromatic nitrogens is 2. The fourth-order valence-corrected chi connectivity index (χ4v) is 1.63. The van der Waals surface area contributed by atoms with E-state index in [4.69, 9.17) is 5.73 Å². The van der Waals surface area contributed by atoms with Crippen molar-refractivity contribution in [2.45, 2.75) is 13.0 Å². The zero-order valence-corrected chi connectivity index (χ0v) is 10.00. The van der Waals surface area contributed by atoms with Gasteiger partial charge in [0.05, 0.1) is 17.3 Å². The second kappa shape index (κ2) is 5.27. The van der Waals surface area contributed by atoms with Gasteiger partial charge in [-0.2, -0.15) is 0 Å². The first-order chi connectivity index (χ1) is 8.68. The van der Waals surface area contributed by atoms with Crippen LogP contribution in [0.1, 0.15) is 29.0 Å². The van der Waals surface area contributed by atoms with Gasteiger partial charge in [0, 0.05) is 12.4 Å². The van der Waals surface area contributed by atoms with Crippen LogP contribution < -0.4 is 11.1 Å². The highest BCUT2D eigenvalue weighted by molar-refractivity contribution is 5.97. The Morgan fingerprint density at radius 2 is 2.00 bits per heavy atom. The van der Waals surface area contributed by atoms with Gasteiger partial charge in [0.25, 0.3) is 5.91 Å². The molecule has 0 aromatic carbocycles. The molecule has 5 heteroatoms. The second-order valence-electron chi connectivity index (χ2n) is 3.88. The van der Waals surface area contributed by atoms with Crippen molar-refractivity contribution >= 4 is 11.7 Å². The summed E-state index contributed by atoms with van der Waals surface area (Å²) in [7, 11) is 0. The van der Waals surface area contributed by atoms with E-state index >= 15 is 0 Å². The molecule has 0 saturated heterocycles. The van der Waals surface area contributed by atoms with Crippen molar-refractivity contribution in [2.75, 3.05) is 5.32 Å². The number of carbonyl (C=O) groups is 1. The van der Waals surface area contributed by atoms with Gasteiger partial charge >= 0.3 is 0 Å². The topological polar surface area (TPSA) is 80.9 Å². The molecule has 3 N–H and O–H groups in total. The molecule has 0 fully saturated rings. The van der Waals surface area contributed by atoms with E-state index in [9.17, 15) is 4.79 Å². The summed E-state index contributed by atoms with van der Waals surface area (Å²) in [5, 5.41) is 3.13. The Balaban J connectivity index is 2.22. The third kappa shape index (κ3) is 2.63. The van der Waals surface area contributed by atoms with Crippen molar-refractivity contribution in [3.8, 4) is 0 Å². The van der Waals surface area contributed by atoms with Gasteiger partial charge in [-0.25, -0.2) is 4.98 Å². The molecule has 2 rings (SSSR count). The fourth-order valence-electron chi connectivity index (χ4n) is 1.63. The molecule has 0 spiro atoms. The Bertz CT molecular complexity index is 542. The van der Waals surface area contributed by atoms with Crippen molar-refractivity contribution in [1.29, 1.82) is 0 Å². The van der Waals surface area contributed by atoms with Crippen LogP contribution in [-0.4, -0.2) is 15.9 Å². The van der Waals surface area contributed by atoms with E-state index in [1.54, 1.807) is 24.5 Å². The monoisotopic (exact) mass is 242 g/mol. The molecule has 0 aliphatic carbocycles. The van der Waals surface area contributed by atoms with E-state index in [1.165, 1.54) is 0 Å². The van der Waals surface area contributed by atoms with Crippen molar-refractivity contribution in [3.05, 3.63) is 54.0 Å².